The van der Waals surface area contributed by atoms with E-state index in [1.807, 2.05) is 0 Å². The van der Waals surface area contributed by atoms with Crippen LogP contribution in [0.15, 0.2) is 18.2 Å². The summed E-state index contributed by atoms with van der Waals surface area (Å²) in [6.45, 7) is 1.18. The highest BCUT2D eigenvalue weighted by atomic mass is 19.1. The van der Waals surface area contributed by atoms with Gasteiger partial charge in [-0.05, 0) is 31.0 Å². The van der Waals surface area contributed by atoms with Gasteiger partial charge in [0.15, 0.2) is 0 Å². The van der Waals surface area contributed by atoms with Gasteiger partial charge in [-0.2, -0.15) is 0 Å². The van der Waals surface area contributed by atoms with Crippen LogP contribution in [0.5, 0.6) is 0 Å². The Bertz CT molecular complexity index is 551. The number of benzene rings is 1. The Kier molecular flexibility index (Phi) is 4.85. The Morgan fingerprint density at radius 1 is 1.38 bits per heavy atom. The molecule has 1 amide bonds. The zero-order valence-corrected chi connectivity index (χ0v) is 11.3. The van der Waals surface area contributed by atoms with Gasteiger partial charge in [0.1, 0.15) is 11.6 Å². The fourth-order valence-electron chi connectivity index (χ4n) is 2.46. The molecule has 1 saturated heterocycles. The molecule has 1 aliphatic rings. The molecular formula is C14H16F2N2O3. The smallest absolute Gasteiger partial charge is 0.303 e. The second-order valence-corrected chi connectivity index (χ2v) is 5.16. The Labute approximate surface area is 120 Å². The van der Waals surface area contributed by atoms with Crippen molar-refractivity contribution in [1.82, 2.24) is 4.90 Å². The number of likely N-dealkylation sites (tertiary alicyclic amines) is 1. The minimum atomic E-state index is -0.854. The van der Waals surface area contributed by atoms with Crippen molar-refractivity contribution in [3.63, 3.8) is 0 Å². The third-order valence-electron chi connectivity index (χ3n) is 3.40. The minimum absolute atomic E-state index is 0.0289. The van der Waals surface area contributed by atoms with Crippen LogP contribution in [0.1, 0.15) is 12.8 Å². The number of carbonyl (C=O) groups is 2. The molecule has 5 nitrogen and oxygen atoms in total. The molecule has 21 heavy (non-hydrogen) atoms. The van der Waals surface area contributed by atoms with Crippen LogP contribution >= 0.6 is 0 Å². The standard InChI is InChI=1S/C14H16F2N2O3/c15-10-1-2-11(16)12(6-10)17-13(19)8-18-4-3-9(7-18)5-14(20)21/h1-2,6,9H,3-5,7-8H2,(H,17,19)(H,20,21). The first kappa shape index (κ1) is 15.4. The van der Waals surface area contributed by atoms with Gasteiger partial charge in [-0.15, -0.1) is 0 Å². The number of hydrogen-bond acceptors (Lipinski definition) is 3. The van der Waals surface area contributed by atoms with Gasteiger partial charge in [-0.25, -0.2) is 8.78 Å². The molecule has 0 bridgehead atoms. The number of nitrogens with one attached hydrogen (secondary N) is 1. The van der Waals surface area contributed by atoms with Crippen LogP contribution in [-0.4, -0.2) is 41.5 Å². The number of nitrogens with zero attached hydrogens (tertiary/aromatic N) is 1. The van der Waals surface area contributed by atoms with E-state index in [0.717, 1.165) is 18.2 Å². The van der Waals surface area contributed by atoms with E-state index in [-0.39, 0.29) is 24.6 Å². The third-order valence-corrected chi connectivity index (χ3v) is 3.40. The van der Waals surface area contributed by atoms with Crippen molar-refractivity contribution in [3.8, 4) is 0 Å². The summed E-state index contributed by atoms with van der Waals surface area (Å²) in [6, 6.07) is 2.84. The molecule has 1 unspecified atom stereocenters. The normalized spacial score (nSPS) is 18.7. The van der Waals surface area contributed by atoms with E-state index in [2.05, 4.69) is 5.32 Å². The van der Waals surface area contributed by atoms with Crippen molar-refractivity contribution in [2.45, 2.75) is 12.8 Å². The highest BCUT2D eigenvalue weighted by Gasteiger charge is 2.25. The van der Waals surface area contributed by atoms with Crippen molar-refractivity contribution in [2.24, 2.45) is 5.92 Å². The Morgan fingerprint density at radius 2 is 2.14 bits per heavy atom. The number of halogens is 2. The fourth-order valence-corrected chi connectivity index (χ4v) is 2.46. The van der Waals surface area contributed by atoms with Crippen LogP contribution in [0, 0.1) is 17.6 Å². The summed E-state index contributed by atoms with van der Waals surface area (Å²) in [4.78, 5) is 24.2. The molecule has 0 saturated carbocycles. The SMILES string of the molecule is O=C(O)CC1CCN(CC(=O)Nc2cc(F)ccc2F)C1. The van der Waals surface area contributed by atoms with Gasteiger partial charge in [-0.1, -0.05) is 0 Å². The molecule has 1 fully saturated rings. The van der Waals surface area contributed by atoms with Gasteiger partial charge in [-0.3, -0.25) is 14.5 Å². The van der Waals surface area contributed by atoms with E-state index in [4.69, 9.17) is 5.11 Å². The average molecular weight is 298 g/mol. The number of rotatable bonds is 5. The summed E-state index contributed by atoms with van der Waals surface area (Å²) >= 11 is 0. The van der Waals surface area contributed by atoms with Crippen molar-refractivity contribution in [3.05, 3.63) is 29.8 Å². The number of anilines is 1. The predicted molar refractivity (Wildman–Crippen MR) is 71.8 cm³/mol. The Balaban J connectivity index is 1.85. The monoisotopic (exact) mass is 298 g/mol. The van der Waals surface area contributed by atoms with Gasteiger partial charge in [0.2, 0.25) is 5.91 Å². The molecule has 0 aliphatic carbocycles. The van der Waals surface area contributed by atoms with E-state index < -0.39 is 23.5 Å². The maximum atomic E-state index is 13.4. The lowest BCUT2D eigenvalue weighted by molar-refractivity contribution is -0.138. The maximum Gasteiger partial charge on any atom is 0.303 e. The largest absolute Gasteiger partial charge is 0.481 e. The summed E-state index contributed by atoms with van der Waals surface area (Å²) in [7, 11) is 0. The van der Waals surface area contributed by atoms with Gasteiger partial charge < -0.3 is 10.4 Å². The van der Waals surface area contributed by atoms with Crippen LogP contribution in [0.25, 0.3) is 0 Å². The topological polar surface area (TPSA) is 69.6 Å². The van der Waals surface area contributed by atoms with Gasteiger partial charge in [0.25, 0.3) is 0 Å². The summed E-state index contributed by atoms with van der Waals surface area (Å²) in [5, 5.41) is 11.0. The highest BCUT2D eigenvalue weighted by molar-refractivity contribution is 5.92. The van der Waals surface area contributed by atoms with Crippen LogP contribution in [0.4, 0.5) is 14.5 Å². The molecule has 1 aliphatic heterocycles. The molecule has 1 aromatic rings. The van der Waals surface area contributed by atoms with Gasteiger partial charge in [0, 0.05) is 19.0 Å². The molecule has 1 aromatic carbocycles. The lowest BCUT2D eigenvalue weighted by Crippen LogP contribution is -2.32. The van der Waals surface area contributed by atoms with Crippen LogP contribution in [0.2, 0.25) is 0 Å². The van der Waals surface area contributed by atoms with Gasteiger partial charge in [0.05, 0.1) is 12.2 Å². The molecule has 0 aromatic heterocycles. The number of aliphatic carboxylic acids is 1. The first-order valence-electron chi connectivity index (χ1n) is 6.63. The van der Waals surface area contributed by atoms with Crippen molar-refractivity contribution >= 4 is 17.6 Å². The minimum Gasteiger partial charge on any atom is -0.481 e. The fraction of sp³-hybridized carbons (Fsp3) is 0.429. The van der Waals surface area contributed by atoms with E-state index in [9.17, 15) is 18.4 Å². The molecule has 2 N–H and O–H groups in total. The van der Waals surface area contributed by atoms with Gasteiger partial charge >= 0.3 is 5.97 Å². The molecule has 2 rings (SSSR count). The number of carbonyl (C=O) groups excluding carboxylic acids is 1. The number of amides is 1. The predicted octanol–water partition coefficient (Wildman–Crippen LogP) is 1.70. The number of carboxylic acids is 1. The maximum absolute atomic E-state index is 13.4. The second kappa shape index (κ2) is 6.62. The first-order valence-corrected chi connectivity index (χ1v) is 6.63. The quantitative estimate of drug-likeness (QED) is 0.868. The molecule has 1 heterocycles. The molecule has 7 heteroatoms. The summed E-state index contributed by atoms with van der Waals surface area (Å²) in [6.07, 6.45) is 0.796. The second-order valence-electron chi connectivity index (χ2n) is 5.16. The van der Waals surface area contributed by atoms with E-state index in [1.54, 1.807) is 4.90 Å². The molecule has 0 radical (unpaired) electrons. The van der Waals surface area contributed by atoms with E-state index in [0.29, 0.717) is 19.5 Å². The summed E-state index contributed by atoms with van der Waals surface area (Å²) < 4.78 is 26.4. The average Bonchev–Trinajstić information content (AvgIpc) is 2.80. The summed E-state index contributed by atoms with van der Waals surface area (Å²) in [5.74, 6) is -2.60. The Morgan fingerprint density at radius 3 is 2.86 bits per heavy atom. The molecule has 1 atom stereocenters. The van der Waals surface area contributed by atoms with E-state index in [1.165, 1.54) is 0 Å². The van der Waals surface area contributed by atoms with Crippen LogP contribution in [-0.2, 0) is 9.59 Å². The summed E-state index contributed by atoms with van der Waals surface area (Å²) in [5.41, 5.74) is -0.193. The lowest BCUT2D eigenvalue weighted by Gasteiger charge is -2.15. The number of hydrogen-bond donors (Lipinski definition) is 2. The van der Waals surface area contributed by atoms with Crippen molar-refractivity contribution in [2.75, 3.05) is 25.0 Å². The number of carboxylic acid groups (broad SMARTS) is 1. The third kappa shape index (κ3) is 4.49. The zero-order chi connectivity index (χ0) is 15.4. The highest BCUT2D eigenvalue weighted by Crippen LogP contribution is 2.20. The molecular weight excluding hydrogens is 282 g/mol. The van der Waals surface area contributed by atoms with Crippen LogP contribution in [0.3, 0.4) is 0 Å². The van der Waals surface area contributed by atoms with Crippen molar-refractivity contribution < 1.29 is 23.5 Å². The molecule has 114 valence electrons. The van der Waals surface area contributed by atoms with Crippen LogP contribution < -0.4 is 5.32 Å². The Hall–Kier alpha value is -2.02. The van der Waals surface area contributed by atoms with E-state index >= 15 is 0 Å². The van der Waals surface area contributed by atoms with Crippen molar-refractivity contribution in [1.29, 1.82) is 0 Å². The molecule has 0 spiro atoms. The first-order chi connectivity index (χ1) is 9.94. The zero-order valence-electron chi connectivity index (χ0n) is 11.3. The lowest BCUT2D eigenvalue weighted by atomic mass is 10.1.